The van der Waals surface area contributed by atoms with Crippen LogP contribution in [0, 0.1) is 5.92 Å². The van der Waals surface area contributed by atoms with Crippen LogP contribution in [0.15, 0.2) is 37.2 Å². The summed E-state index contributed by atoms with van der Waals surface area (Å²) in [6.07, 6.45) is 10.4. The Morgan fingerprint density at radius 3 is 2.76 bits per heavy atom. The van der Waals surface area contributed by atoms with Crippen molar-refractivity contribution in [2.24, 2.45) is 5.92 Å². The fourth-order valence-corrected chi connectivity index (χ4v) is 5.63. The maximum atomic E-state index is 12.9. The van der Waals surface area contributed by atoms with E-state index in [1.165, 1.54) is 12.8 Å². The third-order valence-corrected chi connectivity index (χ3v) is 7.88. The number of methoxy groups -OCH3 is 1. The van der Waals surface area contributed by atoms with Gasteiger partial charge in [-0.05, 0) is 61.4 Å². The normalized spacial score (nSPS) is 19.9. The molecule has 37 heavy (non-hydrogen) atoms. The van der Waals surface area contributed by atoms with Crippen molar-refractivity contribution in [3.8, 4) is 11.1 Å². The highest BCUT2D eigenvalue weighted by Crippen LogP contribution is 2.47. The van der Waals surface area contributed by atoms with Crippen LogP contribution in [-0.4, -0.2) is 65.2 Å². The average molecular weight is 499 g/mol. The van der Waals surface area contributed by atoms with E-state index in [4.69, 9.17) is 15.5 Å². The van der Waals surface area contributed by atoms with Crippen LogP contribution >= 0.6 is 0 Å². The van der Waals surface area contributed by atoms with Gasteiger partial charge in [-0.2, -0.15) is 0 Å². The summed E-state index contributed by atoms with van der Waals surface area (Å²) in [5.74, 6) is 2.03. The summed E-state index contributed by atoms with van der Waals surface area (Å²) in [5, 5.41) is 1.04. The van der Waals surface area contributed by atoms with Gasteiger partial charge in [-0.3, -0.25) is 9.78 Å². The maximum Gasteiger partial charge on any atom is 0.225 e. The van der Waals surface area contributed by atoms with Crippen molar-refractivity contribution in [3.05, 3.63) is 48.6 Å². The number of carbonyl (C=O) groups is 1. The summed E-state index contributed by atoms with van der Waals surface area (Å²) < 4.78 is 5.15. The van der Waals surface area contributed by atoms with Crippen molar-refractivity contribution in [2.75, 3.05) is 44.0 Å². The van der Waals surface area contributed by atoms with Crippen LogP contribution in [0.1, 0.15) is 49.4 Å². The van der Waals surface area contributed by atoms with Gasteiger partial charge in [0.05, 0.1) is 47.9 Å². The number of hydrogen-bond donors (Lipinski definition) is 1. The van der Waals surface area contributed by atoms with E-state index in [9.17, 15) is 4.79 Å². The number of rotatable bonds is 8. The zero-order valence-corrected chi connectivity index (χ0v) is 21.4. The number of carbonyl (C=O) groups excluding carboxylic acids is 1. The minimum atomic E-state index is 0.186. The number of nitrogens with two attached hydrogens (primary N) is 1. The van der Waals surface area contributed by atoms with Gasteiger partial charge in [0.25, 0.3) is 0 Å². The Morgan fingerprint density at radius 2 is 2.03 bits per heavy atom. The average Bonchev–Trinajstić information content (AvgIpc) is 3.84. The summed E-state index contributed by atoms with van der Waals surface area (Å²) in [6.45, 7) is 6.59. The van der Waals surface area contributed by atoms with E-state index in [0.29, 0.717) is 37.1 Å². The largest absolute Gasteiger partial charge is 0.396 e. The maximum absolute atomic E-state index is 12.9. The summed E-state index contributed by atoms with van der Waals surface area (Å²) in [6, 6.07) is 6.38. The molecule has 2 saturated carbocycles. The molecule has 1 saturated heterocycles. The monoisotopic (exact) mass is 498 g/mol. The van der Waals surface area contributed by atoms with Crippen LogP contribution in [0.25, 0.3) is 28.1 Å². The smallest absolute Gasteiger partial charge is 0.225 e. The first-order valence-electron chi connectivity index (χ1n) is 13.3. The number of fused-ring (bicyclic) bond motifs is 1. The molecule has 3 aliphatic rings. The molecule has 2 N–H and O–H groups in total. The van der Waals surface area contributed by atoms with E-state index in [2.05, 4.69) is 38.5 Å². The predicted octanol–water partition coefficient (Wildman–Crippen LogP) is 4.26. The van der Waals surface area contributed by atoms with Crippen LogP contribution in [0.5, 0.6) is 0 Å². The lowest BCUT2D eigenvalue weighted by Gasteiger charge is -2.43. The predicted molar refractivity (Wildman–Crippen MR) is 146 cm³/mol. The van der Waals surface area contributed by atoms with Gasteiger partial charge in [0, 0.05) is 49.8 Å². The molecule has 6 rings (SSSR count). The Labute approximate surface area is 217 Å². The quantitative estimate of drug-likeness (QED) is 0.496. The van der Waals surface area contributed by atoms with Gasteiger partial charge >= 0.3 is 0 Å². The molecule has 8 heteroatoms. The Morgan fingerprint density at radius 1 is 1.19 bits per heavy atom. The number of pyridine rings is 3. The van der Waals surface area contributed by atoms with Crippen molar-refractivity contribution < 1.29 is 9.53 Å². The number of hydrogen-bond acceptors (Lipinski definition) is 7. The second kappa shape index (κ2) is 9.74. The Kier molecular flexibility index (Phi) is 6.28. The lowest BCUT2D eigenvalue weighted by molar-refractivity contribution is -0.135. The lowest BCUT2D eigenvalue weighted by Crippen LogP contribution is -2.56. The second-order valence-corrected chi connectivity index (χ2v) is 10.5. The molecule has 3 aromatic heterocycles. The van der Waals surface area contributed by atoms with Gasteiger partial charge in [-0.15, -0.1) is 0 Å². The summed E-state index contributed by atoms with van der Waals surface area (Å²) in [4.78, 5) is 31.5. The first-order valence-corrected chi connectivity index (χ1v) is 13.3. The third kappa shape index (κ3) is 4.66. The second-order valence-electron chi connectivity index (χ2n) is 10.5. The standard InChI is InChI=1S/C29H34N6O2/c1-3-20-14-22(21-8-10-31-16-25(21)32-20)23-15-24(30)29(33-28(23)19-6-7-19)34-11-12-35(27(36)9-13-37-2)26(17-34)18-4-5-18/h3,8,10,14-16,18-19,26H,1,4-7,9,11-13,17,30H2,2H3/t26-/m0/s1. The molecule has 0 aromatic carbocycles. The van der Waals surface area contributed by atoms with Gasteiger partial charge < -0.3 is 20.3 Å². The van der Waals surface area contributed by atoms with Crippen LogP contribution in [-0.2, 0) is 9.53 Å². The van der Waals surface area contributed by atoms with Crippen molar-refractivity contribution in [3.63, 3.8) is 0 Å². The number of piperazine rings is 1. The molecule has 0 radical (unpaired) electrons. The molecule has 4 heterocycles. The first kappa shape index (κ1) is 23.9. The number of ether oxygens (including phenoxy) is 1. The van der Waals surface area contributed by atoms with E-state index in [-0.39, 0.29) is 11.9 Å². The van der Waals surface area contributed by atoms with E-state index in [1.807, 2.05) is 6.07 Å². The van der Waals surface area contributed by atoms with E-state index >= 15 is 0 Å². The molecule has 1 amide bonds. The summed E-state index contributed by atoms with van der Waals surface area (Å²) >= 11 is 0. The highest BCUT2D eigenvalue weighted by atomic mass is 16.5. The first-order chi connectivity index (χ1) is 18.1. The Hall–Kier alpha value is -3.52. The van der Waals surface area contributed by atoms with Crippen LogP contribution in [0.4, 0.5) is 11.5 Å². The fraction of sp³-hybridized carbons (Fsp3) is 0.448. The molecule has 0 bridgehead atoms. The molecule has 1 aliphatic heterocycles. The molecular weight excluding hydrogens is 464 g/mol. The molecule has 2 aliphatic carbocycles. The van der Waals surface area contributed by atoms with Gasteiger partial charge in [0.15, 0.2) is 5.82 Å². The van der Waals surface area contributed by atoms with Crippen molar-refractivity contribution in [1.29, 1.82) is 0 Å². The van der Waals surface area contributed by atoms with Gasteiger partial charge in [0.2, 0.25) is 5.91 Å². The number of aromatic nitrogens is 3. The Balaban J connectivity index is 1.36. The molecule has 8 nitrogen and oxygen atoms in total. The number of anilines is 2. The molecule has 3 fully saturated rings. The number of nitrogens with zero attached hydrogens (tertiary/aromatic N) is 5. The minimum absolute atomic E-state index is 0.186. The lowest BCUT2D eigenvalue weighted by atomic mass is 9.96. The van der Waals surface area contributed by atoms with Crippen LogP contribution in [0.3, 0.4) is 0 Å². The highest BCUT2D eigenvalue weighted by molar-refractivity contribution is 5.96. The third-order valence-electron chi connectivity index (χ3n) is 7.88. The molecule has 0 unspecified atom stereocenters. The molecule has 0 spiro atoms. The SMILES string of the molecule is C=Cc1cc(-c2cc(N)c(N3CCN(C(=O)CCOC)[C@H](C4CC4)C3)nc2C2CC2)c2ccncc2n1. The summed E-state index contributed by atoms with van der Waals surface area (Å²) in [5.41, 5.74) is 12.3. The Bertz CT molecular complexity index is 1350. The fourth-order valence-electron chi connectivity index (χ4n) is 5.63. The molecule has 3 aromatic rings. The highest BCUT2D eigenvalue weighted by Gasteiger charge is 2.41. The van der Waals surface area contributed by atoms with Gasteiger partial charge in [-0.1, -0.05) is 6.58 Å². The number of nitrogen functional groups attached to an aromatic ring is 1. The minimum Gasteiger partial charge on any atom is -0.396 e. The van der Waals surface area contributed by atoms with Crippen molar-refractivity contribution in [2.45, 2.75) is 44.1 Å². The summed E-state index contributed by atoms with van der Waals surface area (Å²) in [7, 11) is 1.64. The van der Waals surface area contributed by atoms with Gasteiger partial charge in [0.1, 0.15) is 0 Å². The zero-order chi connectivity index (χ0) is 25.5. The van der Waals surface area contributed by atoms with Crippen molar-refractivity contribution in [1.82, 2.24) is 19.9 Å². The van der Waals surface area contributed by atoms with E-state index in [0.717, 1.165) is 65.2 Å². The van der Waals surface area contributed by atoms with Crippen molar-refractivity contribution >= 4 is 34.4 Å². The molecule has 192 valence electrons. The van der Waals surface area contributed by atoms with Crippen LogP contribution < -0.4 is 10.6 Å². The number of amides is 1. The van der Waals surface area contributed by atoms with Crippen LogP contribution in [0.2, 0.25) is 0 Å². The molecule has 1 atom stereocenters. The van der Waals surface area contributed by atoms with E-state index < -0.39 is 0 Å². The topological polar surface area (TPSA) is 97.5 Å². The molecular formula is C29H34N6O2. The van der Waals surface area contributed by atoms with Gasteiger partial charge in [-0.25, -0.2) is 9.97 Å². The zero-order valence-electron chi connectivity index (χ0n) is 21.4. The van der Waals surface area contributed by atoms with E-state index in [1.54, 1.807) is 25.6 Å².